The van der Waals surface area contributed by atoms with Gasteiger partial charge in [-0.2, -0.15) is 0 Å². The third-order valence-electron chi connectivity index (χ3n) is 5.47. The minimum absolute atomic E-state index is 0.187. The predicted octanol–water partition coefficient (Wildman–Crippen LogP) is 5.54. The molecule has 0 aliphatic rings. The summed E-state index contributed by atoms with van der Waals surface area (Å²) < 4.78 is 15.5. The highest BCUT2D eigenvalue weighted by molar-refractivity contribution is 7.11. The molecule has 0 aromatic carbocycles. The van der Waals surface area contributed by atoms with Crippen LogP contribution in [-0.4, -0.2) is 30.7 Å². The molecule has 0 saturated heterocycles. The summed E-state index contributed by atoms with van der Waals surface area (Å²) in [6.07, 6.45) is 5.23. The number of aromatic hydroxyl groups is 1. The first-order chi connectivity index (χ1) is 16.6. The van der Waals surface area contributed by atoms with E-state index in [0.29, 0.717) is 38.2 Å². The highest BCUT2D eigenvalue weighted by Crippen LogP contribution is 2.33. The van der Waals surface area contributed by atoms with E-state index in [-0.39, 0.29) is 17.2 Å². The first-order valence-electron chi connectivity index (χ1n) is 11.7. The molecule has 0 aliphatic heterocycles. The Balaban J connectivity index is 2.07. The number of ether oxygens (including phenoxy) is 2. The van der Waals surface area contributed by atoms with E-state index in [4.69, 9.17) is 9.15 Å². The monoisotopic (exact) mass is 505 g/mol. The van der Waals surface area contributed by atoms with Gasteiger partial charge in [0.2, 0.25) is 0 Å². The number of ketones is 1. The van der Waals surface area contributed by atoms with E-state index in [1.165, 1.54) is 19.4 Å². The van der Waals surface area contributed by atoms with Crippen molar-refractivity contribution in [3.63, 3.8) is 0 Å². The number of amides is 1. The van der Waals surface area contributed by atoms with E-state index in [0.717, 1.165) is 16.2 Å². The Morgan fingerprint density at radius 2 is 2.00 bits per heavy atom. The second-order valence-electron chi connectivity index (χ2n) is 9.02. The number of carbonyl (C=O) groups is 2. The minimum Gasteiger partial charge on any atom is -0.507 e. The zero-order chi connectivity index (χ0) is 26.0. The van der Waals surface area contributed by atoms with Crippen LogP contribution >= 0.6 is 11.3 Å². The quantitative estimate of drug-likeness (QED) is 0.271. The van der Waals surface area contributed by atoms with Crippen molar-refractivity contribution in [2.75, 3.05) is 13.7 Å². The van der Waals surface area contributed by atoms with E-state index in [2.05, 4.69) is 17.0 Å². The molecule has 1 unspecified atom stereocenters. The summed E-state index contributed by atoms with van der Waals surface area (Å²) in [6, 6.07) is 5.30. The van der Waals surface area contributed by atoms with Gasteiger partial charge in [-0.15, -0.1) is 11.3 Å². The van der Waals surface area contributed by atoms with Crippen molar-refractivity contribution in [2.45, 2.75) is 65.9 Å². The van der Waals surface area contributed by atoms with Crippen LogP contribution in [0.5, 0.6) is 5.75 Å². The number of rotatable bonds is 13. The van der Waals surface area contributed by atoms with Crippen LogP contribution in [0.2, 0.25) is 0 Å². The first kappa shape index (κ1) is 28.3. The van der Waals surface area contributed by atoms with Crippen molar-refractivity contribution < 1.29 is 28.6 Å². The second kappa shape index (κ2) is 13.3. The molecule has 2 aromatic rings. The Morgan fingerprint density at radius 1 is 1.29 bits per heavy atom. The number of carbonyl (C=O) groups excluding carboxylic acids is 2. The van der Waals surface area contributed by atoms with Crippen molar-refractivity contribution in [3.8, 4) is 5.75 Å². The van der Waals surface area contributed by atoms with Gasteiger partial charge in [-0.05, 0) is 37.8 Å². The molecule has 0 bridgehead atoms. The molecule has 0 radical (unpaired) electrons. The maximum atomic E-state index is 13.2. The highest BCUT2D eigenvalue weighted by atomic mass is 32.1. The number of nitrogens with one attached hydrogen (secondary N) is 1. The van der Waals surface area contributed by atoms with Gasteiger partial charge >= 0.3 is 11.7 Å². The summed E-state index contributed by atoms with van der Waals surface area (Å²) in [4.78, 5) is 39.0. The van der Waals surface area contributed by atoms with Crippen LogP contribution in [-0.2, 0) is 22.5 Å². The van der Waals surface area contributed by atoms with Gasteiger partial charge in [0, 0.05) is 40.0 Å². The first-order valence-corrected chi connectivity index (χ1v) is 12.5. The lowest BCUT2D eigenvalue weighted by Gasteiger charge is -2.22. The standard InChI is InChI=1S/C26H35NO7S/c1-6-13-33-16-19-11-10-18(35-19)15-26(3,4)23(29)22-20(28)14-21(34-24(22)30)17(2)9-7-8-12-27-25(31)32-5/h8,10-12,14,17,28H,6-7,9,13,15-16H2,1-5H3,(H,27,31)/b12-8+. The highest BCUT2D eigenvalue weighted by Gasteiger charge is 2.34. The molecule has 0 saturated carbocycles. The molecule has 192 valence electrons. The van der Waals surface area contributed by atoms with Gasteiger partial charge in [0.25, 0.3) is 0 Å². The minimum atomic E-state index is -0.914. The molecular formula is C26H35NO7S. The van der Waals surface area contributed by atoms with E-state index in [9.17, 15) is 19.5 Å². The van der Waals surface area contributed by atoms with Crippen molar-refractivity contribution >= 4 is 23.2 Å². The number of methoxy groups -OCH3 is 1. The molecule has 35 heavy (non-hydrogen) atoms. The van der Waals surface area contributed by atoms with Gasteiger partial charge in [0.05, 0.1) is 13.7 Å². The van der Waals surface area contributed by atoms with Crippen molar-refractivity contribution in [3.05, 3.63) is 62.0 Å². The average Bonchev–Trinajstić information content (AvgIpc) is 3.24. The van der Waals surface area contributed by atoms with Crippen LogP contribution in [0, 0.1) is 5.41 Å². The van der Waals surface area contributed by atoms with Gasteiger partial charge in [-0.3, -0.25) is 10.1 Å². The third-order valence-corrected chi connectivity index (χ3v) is 6.53. The Kier molecular flexibility index (Phi) is 10.7. The lowest BCUT2D eigenvalue weighted by molar-refractivity contribution is 0.0830. The maximum absolute atomic E-state index is 13.2. The van der Waals surface area contributed by atoms with Crippen LogP contribution in [0.15, 0.2) is 39.7 Å². The van der Waals surface area contributed by atoms with Crippen LogP contribution in [0.4, 0.5) is 4.79 Å². The van der Waals surface area contributed by atoms with Crippen molar-refractivity contribution in [1.82, 2.24) is 5.32 Å². The summed E-state index contributed by atoms with van der Waals surface area (Å²) >= 11 is 1.57. The maximum Gasteiger partial charge on any atom is 0.410 e. The van der Waals surface area contributed by atoms with Gasteiger partial charge in [0.15, 0.2) is 5.78 Å². The lowest BCUT2D eigenvalue weighted by Crippen LogP contribution is -2.31. The number of hydrogen-bond donors (Lipinski definition) is 2. The summed E-state index contributed by atoms with van der Waals surface area (Å²) in [5.74, 6) is -0.722. The molecule has 1 amide bonds. The number of allylic oxidation sites excluding steroid dienone is 1. The lowest BCUT2D eigenvalue weighted by atomic mass is 9.81. The molecule has 2 aromatic heterocycles. The fourth-order valence-electron chi connectivity index (χ4n) is 3.47. The normalized spacial score (nSPS) is 12.6. The summed E-state index contributed by atoms with van der Waals surface area (Å²) in [5.41, 5.74) is -2.08. The van der Waals surface area contributed by atoms with Crippen LogP contribution in [0.3, 0.4) is 0 Å². The smallest absolute Gasteiger partial charge is 0.410 e. The fourth-order valence-corrected chi connectivity index (χ4v) is 4.66. The molecule has 0 aliphatic carbocycles. The number of hydrogen-bond acceptors (Lipinski definition) is 8. The molecule has 9 heteroatoms. The zero-order valence-electron chi connectivity index (χ0n) is 21.0. The Labute approximate surface area is 210 Å². The Morgan fingerprint density at radius 3 is 2.66 bits per heavy atom. The molecule has 0 fully saturated rings. The average molecular weight is 506 g/mol. The van der Waals surface area contributed by atoms with Gasteiger partial charge in [0.1, 0.15) is 17.1 Å². The zero-order valence-corrected chi connectivity index (χ0v) is 21.8. The summed E-state index contributed by atoms with van der Waals surface area (Å²) in [6.45, 7) is 8.65. The second-order valence-corrected chi connectivity index (χ2v) is 10.3. The summed E-state index contributed by atoms with van der Waals surface area (Å²) in [5, 5.41) is 13.0. The molecular weight excluding hydrogens is 470 g/mol. The Bertz CT molecular complexity index is 1080. The van der Waals surface area contributed by atoms with Crippen LogP contribution in [0.25, 0.3) is 0 Å². The van der Waals surface area contributed by atoms with Gasteiger partial charge < -0.3 is 19.0 Å². The SMILES string of the molecule is CCCOCc1ccc(CC(C)(C)C(=O)c2c(O)cc(C(C)CC/C=C/NC(=O)OC)oc2=O)s1. The number of Topliss-reactive ketones (excluding diaryl/α,β-unsaturated/α-hetero) is 1. The largest absolute Gasteiger partial charge is 0.507 e. The molecule has 2 N–H and O–H groups in total. The molecule has 1 atom stereocenters. The van der Waals surface area contributed by atoms with Gasteiger partial charge in [-0.25, -0.2) is 9.59 Å². The number of thiophene rings is 1. The molecule has 2 heterocycles. The van der Waals surface area contributed by atoms with Crippen LogP contribution in [0.1, 0.15) is 78.7 Å². The van der Waals surface area contributed by atoms with Crippen molar-refractivity contribution in [1.29, 1.82) is 0 Å². The topological polar surface area (TPSA) is 115 Å². The van der Waals surface area contributed by atoms with E-state index in [1.807, 2.05) is 19.1 Å². The Hall–Kier alpha value is -2.91. The fraction of sp³-hybridized carbons (Fsp3) is 0.500. The summed E-state index contributed by atoms with van der Waals surface area (Å²) in [7, 11) is 1.28. The molecule has 2 rings (SSSR count). The van der Waals surface area contributed by atoms with Crippen LogP contribution < -0.4 is 10.9 Å². The predicted molar refractivity (Wildman–Crippen MR) is 135 cm³/mol. The van der Waals surface area contributed by atoms with Crippen molar-refractivity contribution in [2.24, 2.45) is 5.41 Å². The van der Waals surface area contributed by atoms with E-state index >= 15 is 0 Å². The number of alkyl carbamates (subject to hydrolysis) is 1. The van der Waals surface area contributed by atoms with Gasteiger partial charge in [-0.1, -0.05) is 33.8 Å². The van der Waals surface area contributed by atoms with E-state index in [1.54, 1.807) is 31.3 Å². The van der Waals surface area contributed by atoms with E-state index < -0.39 is 22.9 Å². The molecule has 8 nitrogen and oxygen atoms in total. The third kappa shape index (κ3) is 8.36. The molecule has 0 spiro atoms.